The van der Waals surface area contributed by atoms with E-state index in [0.29, 0.717) is 24.6 Å². The van der Waals surface area contributed by atoms with Crippen LogP contribution in [0.2, 0.25) is 0 Å². The number of piperazine rings is 1. The third-order valence-electron chi connectivity index (χ3n) is 6.90. The van der Waals surface area contributed by atoms with Crippen LogP contribution in [0.3, 0.4) is 0 Å². The maximum absolute atomic E-state index is 13.8. The zero-order chi connectivity index (χ0) is 26.1. The number of aromatic amines is 1. The van der Waals surface area contributed by atoms with Crippen LogP contribution in [0.5, 0.6) is 0 Å². The molecule has 0 spiro atoms. The van der Waals surface area contributed by atoms with Gasteiger partial charge in [0.15, 0.2) is 5.13 Å². The summed E-state index contributed by atoms with van der Waals surface area (Å²) in [5.41, 5.74) is 8.36. The number of imidazole rings is 1. The quantitative estimate of drug-likeness (QED) is 0.377. The highest BCUT2D eigenvalue weighted by atomic mass is 32.1. The summed E-state index contributed by atoms with van der Waals surface area (Å²) in [6.45, 7) is 3.20. The molecule has 2 aliphatic heterocycles. The van der Waals surface area contributed by atoms with Gasteiger partial charge < -0.3 is 25.8 Å². The Morgan fingerprint density at radius 2 is 2.19 bits per heavy atom. The Balaban J connectivity index is 1.44. The van der Waals surface area contributed by atoms with Crippen molar-refractivity contribution in [2.24, 2.45) is 0 Å². The Hall–Kier alpha value is -3.71. The zero-order valence-corrected chi connectivity index (χ0v) is 21.7. The molecular weight excluding hydrogens is 494 g/mol. The maximum Gasteiger partial charge on any atom is 0.331 e. The number of nitrogens with one attached hydrogen (secondary N) is 2. The van der Waals surface area contributed by atoms with Gasteiger partial charge in [0.05, 0.1) is 29.6 Å². The van der Waals surface area contributed by atoms with Crippen LogP contribution in [0.25, 0.3) is 10.2 Å². The van der Waals surface area contributed by atoms with Crippen LogP contribution in [-0.4, -0.2) is 91.5 Å². The molecule has 37 heavy (non-hydrogen) atoms. The standard InChI is InChI=1S/C24H31N9O3S/c1-3-4-8-27-24(36)30(2)32-13-20(34)33-17(9-16-10-26-14-28-16)22(35)31(12-19(32)33)11-15-6-5-7-18-21(15)29-23(25)37-18/h5-7,10,14,17,19H,3-4,8-9,11-13H2,1-2H3,(H2,25,29)(H,26,28)(H,27,36)/t17-,19+/m0/s1. The number of H-pyrrole nitrogens is 1. The molecule has 0 bridgehead atoms. The highest BCUT2D eigenvalue weighted by Crippen LogP contribution is 2.31. The monoisotopic (exact) mass is 525 g/mol. The predicted molar refractivity (Wildman–Crippen MR) is 139 cm³/mol. The maximum atomic E-state index is 13.8. The molecule has 0 aliphatic carbocycles. The van der Waals surface area contributed by atoms with Crippen molar-refractivity contribution in [3.05, 3.63) is 42.0 Å². The van der Waals surface area contributed by atoms with Gasteiger partial charge in [0, 0.05) is 38.4 Å². The van der Waals surface area contributed by atoms with Gasteiger partial charge in [0.1, 0.15) is 12.2 Å². The number of para-hydroxylation sites is 1. The van der Waals surface area contributed by atoms with Gasteiger partial charge in [0.25, 0.3) is 0 Å². The molecule has 3 aromatic rings. The number of nitrogen functional groups attached to an aromatic ring is 1. The molecule has 0 radical (unpaired) electrons. The second-order valence-electron chi connectivity index (χ2n) is 9.32. The van der Waals surface area contributed by atoms with E-state index in [0.717, 1.165) is 34.3 Å². The number of hydrogen-bond donors (Lipinski definition) is 3. The van der Waals surface area contributed by atoms with Gasteiger partial charge in [-0.15, -0.1) is 0 Å². The second-order valence-corrected chi connectivity index (χ2v) is 10.4. The average molecular weight is 526 g/mol. The van der Waals surface area contributed by atoms with E-state index in [-0.39, 0.29) is 30.9 Å². The Morgan fingerprint density at radius 1 is 1.35 bits per heavy atom. The number of urea groups is 1. The number of rotatable bonds is 8. The minimum absolute atomic E-state index is 0.0150. The number of carbonyl (C=O) groups is 3. The molecule has 2 saturated heterocycles. The Kier molecular flexibility index (Phi) is 6.98. The molecule has 0 saturated carbocycles. The second kappa shape index (κ2) is 10.3. The number of fused-ring (bicyclic) bond motifs is 2. The lowest BCUT2D eigenvalue weighted by molar-refractivity contribution is -0.157. The van der Waals surface area contributed by atoms with Crippen LogP contribution >= 0.6 is 11.3 Å². The van der Waals surface area contributed by atoms with Crippen molar-refractivity contribution < 1.29 is 14.4 Å². The summed E-state index contributed by atoms with van der Waals surface area (Å²) in [7, 11) is 1.65. The first-order valence-corrected chi connectivity index (χ1v) is 13.2. The predicted octanol–water partition coefficient (Wildman–Crippen LogP) is 1.38. The molecule has 4 amide bonds. The fourth-order valence-electron chi connectivity index (χ4n) is 5.01. The molecule has 12 nitrogen and oxygen atoms in total. The van der Waals surface area contributed by atoms with Crippen LogP contribution in [-0.2, 0) is 22.6 Å². The Morgan fingerprint density at radius 3 is 2.95 bits per heavy atom. The number of thiazole rings is 1. The number of anilines is 1. The molecule has 5 rings (SSSR count). The average Bonchev–Trinajstić information content (AvgIpc) is 3.60. The Bertz CT molecular complexity index is 1290. The van der Waals surface area contributed by atoms with E-state index in [9.17, 15) is 14.4 Å². The molecule has 4 N–H and O–H groups in total. The minimum Gasteiger partial charge on any atom is -0.375 e. The van der Waals surface area contributed by atoms with Crippen LogP contribution in [0, 0.1) is 0 Å². The van der Waals surface area contributed by atoms with Gasteiger partial charge in [-0.2, -0.15) is 5.01 Å². The topological polar surface area (TPSA) is 144 Å². The molecule has 1 aromatic carbocycles. The third kappa shape index (κ3) is 4.83. The van der Waals surface area contributed by atoms with Gasteiger partial charge in [-0.25, -0.2) is 14.8 Å². The van der Waals surface area contributed by atoms with Crippen molar-refractivity contribution in [2.75, 3.05) is 32.4 Å². The number of benzene rings is 1. The lowest BCUT2D eigenvalue weighted by Gasteiger charge is -2.45. The lowest BCUT2D eigenvalue weighted by atomic mass is 10.0. The summed E-state index contributed by atoms with van der Waals surface area (Å²) in [5.74, 6) is -0.346. The number of aromatic nitrogens is 3. The zero-order valence-electron chi connectivity index (χ0n) is 20.9. The van der Waals surface area contributed by atoms with E-state index < -0.39 is 12.2 Å². The highest BCUT2D eigenvalue weighted by molar-refractivity contribution is 7.22. The van der Waals surface area contributed by atoms with Crippen molar-refractivity contribution in [2.45, 2.75) is 44.9 Å². The van der Waals surface area contributed by atoms with Crippen molar-refractivity contribution in [1.29, 1.82) is 0 Å². The minimum atomic E-state index is -0.729. The number of hydrogen-bond acceptors (Lipinski definition) is 8. The van der Waals surface area contributed by atoms with E-state index in [1.807, 2.05) is 18.2 Å². The molecule has 196 valence electrons. The van der Waals surface area contributed by atoms with E-state index in [1.54, 1.807) is 34.4 Å². The molecule has 2 atom stereocenters. The summed E-state index contributed by atoms with van der Waals surface area (Å²) in [4.78, 5) is 54.8. The SMILES string of the molecule is CCCCNC(=O)N(C)N1CC(=O)N2[C@@H](Cc3cnc[nH]3)C(=O)N(Cc3cccc4sc(N)nc34)C[C@@H]21. The first-order chi connectivity index (χ1) is 17.9. The molecule has 2 aromatic heterocycles. The van der Waals surface area contributed by atoms with Gasteiger partial charge in [-0.05, 0) is 18.1 Å². The Labute approximate surface area is 218 Å². The summed E-state index contributed by atoms with van der Waals surface area (Å²) >= 11 is 1.40. The number of carbonyl (C=O) groups excluding carboxylic acids is 3. The summed E-state index contributed by atoms with van der Waals surface area (Å²) in [6, 6.07) is 4.82. The normalized spacial score (nSPS) is 20.1. The van der Waals surface area contributed by atoms with Crippen molar-refractivity contribution in [3.63, 3.8) is 0 Å². The van der Waals surface area contributed by atoms with Gasteiger partial charge in [-0.3, -0.25) is 14.6 Å². The molecule has 2 aliphatic rings. The van der Waals surface area contributed by atoms with E-state index >= 15 is 0 Å². The first-order valence-electron chi connectivity index (χ1n) is 12.4. The summed E-state index contributed by atoms with van der Waals surface area (Å²) in [6.07, 6.45) is 4.86. The van der Waals surface area contributed by atoms with Crippen LogP contribution in [0.1, 0.15) is 31.0 Å². The van der Waals surface area contributed by atoms with Gasteiger partial charge >= 0.3 is 6.03 Å². The summed E-state index contributed by atoms with van der Waals surface area (Å²) < 4.78 is 0.955. The van der Waals surface area contributed by atoms with E-state index in [1.165, 1.54) is 16.3 Å². The van der Waals surface area contributed by atoms with Gasteiger partial charge in [0.2, 0.25) is 11.8 Å². The lowest BCUT2D eigenvalue weighted by Crippen LogP contribution is -2.65. The first kappa shape index (κ1) is 25.0. The molecule has 13 heteroatoms. The van der Waals surface area contributed by atoms with Crippen molar-refractivity contribution >= 4 is 44.5 Å². The van der Waals surface area contributed by atoms with Crippen LogP contribution in [0.15, 0.2) is 30.7 Å². The number of unbranched alkanes of at least 4 members (excludes halogenated alkanes) is 1. The third-order valence-corrected chi connectivity index (χ3v) is 7.75. The van der Waals surface area contributed by atoms with E-state index in [2.05, 4.69) is 27.2 Å². The smallest absolute Gasteiger partial charge is 0.331 e. The van der Waals surface area contributed by atoms with Crippen LogP contribution in [0.4, 0.5) is 9.93 Å². The number of amides is 4. The van der Waals surface area contributed by atoms with Crippen LogP contribution < -0.4 is 11.1 Å². The molecule has 0 unspecified atom stereocenters. The molecule has 2 fully saturated rings. The summed E-state index contributed by atoms with van der Waals surface area (Å²) in [5, 5.41) is 6.57. The van der Waals surface area contributed by atoms with E-state index in [4.69, 9.17) is 5.73 Å². The van der Waals surface area contributed by atoms with Gasteiger partial charge in [-0.1, -0.05) is 36.8 Å². The fraction of sp³-hybridized carbons (Fsp3) is 0.458. The van der Waals surface area contributed by atoms with Crippen molar-refractivity contribution in [1.82, 2.24) is 40.1 Å². The number of hydrazine groups is 1. The largest absolute Gasteiger partial charge is 0.375 e. The molecular formula is C24H31N9O3S. The molecule has 4 heterocycles. The number of nitrogens with two attached hydrogens (primary N) is 1. The van der Waals surface area contributed by atoms with Crippen molar-refractivity contribution in [3.8, 4) is 0 Å². The fourth-order valence-corrected chi connectivity index (χ4v) is 5.80. The highest BCUT2D eigenvalue weighted by Gasteiger charge is 2.51. The number of nitrogens with zero attached hydrogens (tertiary/aromatic N) is 6.